The van der Waals surface area contributed by atoms with Gasteiger partial charge in [-0.05, 0) is 31.5 Å². The number of thioether (sulfide) groups is 1. The standard InChI is InChI=1S/C18H20ClNOS/c1-18(2,19)16(22-13-14-9-5-3-6-10-14)17(21)20-15-11-7-4-8-12-15/h3-12,16H,13H2,1-2H3,(H,20,21). The van der Waals surface area contributed by atoms with E-state index >= 15 is 0 Å². The summed E-state index contributed by atoms with van der Waals surface area (Å²) in [6.07, 6.45) is 0. The summed E-state index contributed by atoms with van der Waals surface area (Å²) in [5.41, 5.74) is 1.98. The van der Waals surface area contributed by atoms with Gasteiger partial charge in [-0.15, -0.1) is 23.4 Å². The van der Waals surface area contributed by atoms with E-state index in [1.54, 1.807) is 11.8 Å². The smallest absolute Gasteiger partial charge is 0.239 e. The van der Waals surface area contributed by atoms with Crippen LogP contribution in [0.15, 0.2) is 60.7 Å². The minimum atomic E-state index is -0.627. The van der Waals surface area contributed by atoms with E-state index in [2.05, 4.69) is 17.4 Å². The summed E-state index contributed by atoms with van der Waals surface area (Å²) < 4.78 is 0. The fourth-order valence-corrected chi connectivity index (χ4v) is 3.51. The molecule has 2 rings (SSSR count). The first-order valence-electron chi connectivity index (χ1n) is 7.17. The van der Waals surface area contributed by atoms with Gasteiger partial charge in [0, 0.05) is 11.4 Å². The summed E-state index contributed by atoms with van der Waals surface area (Å²) >= 11 is 8.01. The molecule has 0 heterocycles. The van der Waals surface area contributed by atoms with Crippen LogP contribution in [-0.2, 0) is 10.5 Å². The molecule has 0 aliphatic carbocycles. The zero-order valence-corrected chi connectivity index (χ0v) is 14.3. The van der Waals surface area contributed by atoms with Crippen molar-refractivity contribution in [2.45, 2.75) is 29.7 Å². The average molecular weight is 334 g/mol. The van der Waals surface area contributed by atoms with E-state index in [1.165, 1.54) is 5.56 Å². The lowest BCUT2D eigenvalue weighted by molar-refractivity contribution is -0.116. The van der Waals surface area contributed by atoms with Gasteiger partial charge in [0.25, 0.3) is 0 Å². The lowest BCUT2D eigenvalue weighted by Gasteiger charge is -2.27. The number of carbonyl (C=O) groups excluding carboxylic acids is 1. The van der Waals surface area contributed by atoms with E-state index in [9.17, 15) is 4.79 Å². The van der Waals surface area contributed by atoms with Crippen LogP contribution in [0.5, 0.6) is 0 Å². The minimum Gasteiger partial charge on any atom is -0.325 e. The summed E-state index contributed by atoms with van der Waals surface area (Å²) in [6.45, 7) is 3.75. The van der Waals surface area contributed by atoms with E-state index in [1.807, 2.05) is 62.4 Å². The van der Waals surface area contributed by atoms with Gasteiger partial charge in [-0.2, -0.15) is 0 Å². The molecule has 0 saturated heterocycles. The lowest BCUT2D eigenvalue weighted by Crippen LogP contribution is -2.39. The Hall–Kier alpha value is -1.45. The van der Waals surface area contributed by atoms with Crippen molar-refractivity contribution in [3.8, 4) is 0 Å². The van der Waals surface area contributed by atoms with Gasteiger partial charge < -0.3 is 5.32 Å². The van der Waals surface area contributed by atoms with Crippen LogP contribution < -0.4 is 5.32 Å². The molecule has 0 aliphatic heterocycles. The Morgan fingerprint density at radius 1 is 1.09 bits per heavy atom. The SMILES string of the molecule is CC(C)(Cl)C(SCc1ccccc1)C(=O)Nc1ccccc1. The molecule has 1 amide bonds. The fourth-order valence-electron chi connectivity index (χ4n) is 2.07. The molecule has 0 spiro atoms. The van der Waals surface area contributed by atoms with E-state index < -0.39 is 4.87 Å². The van der Waals surface area contributed by atoms with Crippen molar-refractivity contribution < 1.29 is 4.79 Å². The molecule has 0 bridgehead atoms. The largest absolute Gasteiger partial charge is 0.325 e. The zero-order chi connectivity index (χ0) is 16.0. The van der Waals surface area contributed by atoms with Gasteiger partial charge in [-0.1, -0.05) is 48.5 Å². The number of alkyl halides is 1. The predicted molar refractivity (Wildman–Crippen MR) is 96.5 cm³/mol. The first-order chi connectivity index (χ1) is 10.5. The third kappa shape index (κ3) is 5.08. The number of rotatable bonds is 6. The molecule has 1 atom stereocenters. The number of para-hydroxylation sites is 1. The van der Waals surface area contributed by atoms with Crippen LogP contribution >= 0.6 is 23.4 Å². The van der Waals surface area contributed by atoms with Crippen molar-refractivity contribution in [1.29, 1.82) is 0 Å². The second kappa shape index (κ2) is 7.70. The number of hydrogen-bond acceptors (Lipinski definition) is 2. The maximum Gasteiger partial charge on any atom is 0.239 e. The van der Waals surface area contributed by atoms with Gasteiger partial charge >= 0.3 is 0 Å². The van der Waals surface area contributed by atoms with Crippen LogP contribution in [0.4, 0.5) is 5.69 Å². The first-order valence-corrected chi connectivity index (χ1v) is 8.60. The fraction of sp³-hybridized carbons (Fsp3) is 0.278. The topological polar surface area (TPSA) is 29.1 Å². The molecule has 1 N–H and O–H groups in total. The minimum absolute atomic E-state index is 0.0628. The molecule has 0 aromatic heterocycles. The maximum atomic E-state index is 12.6. The highest BCUT2D eigenvalue weighted by Crippen LogP contribution is 2.32. The molecule has 0 saturated carbocycles. The zero-order valence-electron chi connectivity index (χ0n) is 12.8. The van der Waals surface area contributed by atoms with Crippen molar-refractivity contribution >= 4 is 35.0 Å². The van der Waals surface area contributed by atoms with Crippen LogP contribution in [-0.4, -0.2) is 16.0 Å². The monoisotopic (exact) mass is 333 g/mol. The Balaban J connectivity index is 2.04. The lowest BCUT2D eigenvalue weighted by atomic mass is 10.1. The molecular formula is C18H20ClNOS. The molecular weight excluding hydrogens is 314 g/mol. The van der Waals surface area contributed by atoms with Crippen molar-refractivity contribution in [3.05, 3.63) is 66.2 Å². The van der Waals surface area contributed by atoms with Gasteiger partial charge in [0.1, 0.15) is 5.25 Å². The molecule has 4 heteroatoms. The Kier molecular flexibility index (Phi) is 5.92. The van der Waals surface area contributed by atoms with Gasteiger partial charge in [-0.3, -0.25) is 4.79 Å². The number of amides is 1. The van der Waals surface area contributed by atoms with E-state index in [-0.39, 0.29) is 11.2 Å². The van der Waals surface area contributed by atoms with Crippen LogP contribution in [0.3, 0.4) is 0 Å². The quantitative estimate of drug-likeness (QED) is 0.758. The van der Waals surface area contributed by atoms with Crippen LogP contribution in [0.1, 0.15) is 19.4 Å². The van der Waals surface area contributed by atoms with Gasteiger partial charge in [0.15, 0.2) is 0 Å². The van der Waals surface area contributed by atoms with Gasteiger partial charge in [0.05, 0.1) is 4.87 Å². The second-order valence-corrected chi connectivity index (χ2v) is 7.66. The number of nitrogens with one attached hydrogen (secondary N) is 1. The Bertz CT molecular complexity index is 595. The van der Waals surface area contributed by atoms with Crippen molar-refractivity contribution in [3.63, 3.8) is 0 Å². The Morgan fingerprint density at radius 3 is 2.18 bits per heavy atom. The maximum absolute atomic E-state index is 12.6. The molecule has 2 aromatic rings. The summed E-state index contributed by atoms with van der Waals surface area (Å²) in [5, 5.41) is 2.60. The highest BCUT2D eigenvalue weighted by molar-refractivity contribution is 8.00. The summed E-state index contributed by atoms with van der Waals surface area (Å²) in [7, 11) is 0. The van der Waals surface area contributed by atoms with Crippen molar-refractivity contribution in [2.24, 2.45) is 0 Å². The van der Waals surface area contributed by atoms with Gasteiger partial charge in [-0.25, -0.2) is 0 Å². The van der Waals surface area contributed by atoms with Crippen LogP contribution in [0, 0.1) is 0 Å². The van der Waals surface area contributed by atoms with E-state index in [0.717, 1.165) is 11.4 Å². The number of carbonyl (C=O) groups is 1. The van der Waals surface area contributed by atoms with Crippen LogP contribution in [0.2, 0.25) is 0 Å². The molecule has 0 radical (unpaired) electrons. The van der Waals surface area contributed by atoms with E-state index in [0.29, 0.717) is 0 Å². The van der Waals surface area contributed by atoms with E-state index in [4.69, 9.17) is 11.6 Å². The molecule has 2 aromatic carbocycles. The second-order valence-electron chi connectivity index (χ2n) is 5.60. The number of hydrogen-bond donors (Lipinski definition) is 1. The van der Waals surface area contributed by atoms with Gasteiger partial charge in [0.2, 0.25) is 5.91 Å². The van der Waals surface area contributed by atoms with Crippen molar-refractivity contribution in [2.75, 3.05) is 5.32 Å². The molecule has 116 valence electrons. The van der Waals surface area contributed by atoms with Crippen LogP contribution in [0.25, 0.3) is 0 Å². The third-order valence-corrected chi connectivity index (χ3v) is 5.15. The third-order valence-electron chi connectivity index (χ3n) is 3.16. The first kappa shape index (κ1) is 16.9. The number of anilines is 1. The average Bonchev–Trinajstić information content (AvgIpc) is 2.48. The summed E-state index contributed by atoms with van der Waals surface area (Å²) in [5.74, 6) is 0.691. The molecule has 1 unspecified atom stereocenters. The normalized spacial score (nSPS) is 12.7. The summed E-state index contributed by atoms with van der Waals surface area (Å²) in [4.78, 5) is 11.9. The highest BCUT2D eigenvalue weighted by Gasteiger charge is 2.34. The van der Waals surface area contributed by atoms with Crippen molar-refractivity contribution in [1.82, 2.24) is 0 Å². The predicted octanol–water partition coefficient (Wildman–Crippen LogP) is 4.94. The number of benzene rings is 2. The summed E-state index contributed by atoms with van der Waals surface area (Å²) in [6, 6.07) is 19.6. The molecule has 0 fully saturated rings. The molecule has 2 nitrogen and oxygen atoms in total. The number of halogens is 1. The molecule has 0 aliphatic rings. The molecule has 22 heavy (non-hydrogen) atoms. The Labute approximate surface area is 141 Å². The Morgan fingerprint density at radius 2 is 1.64 bits per heavy atom. The highest BCUT2D eigenvalue weighted by atomic mass is 35.5.